The Kier molecular flexibility index (Phi) is 2.80. The third-order valence-electron chi connectivity index (χ3n) is 2.13. The van der Waals surface area contributed by atoms with Gasteiger partial charge in [-0.15, -0.1) is 0 Å². The van der Waals surface area contributed by atoms with Crippen LogP contribution < -0.4 is 0 Å². The molecule has 0 bridgehead atoms. The van der Waals surface area contributed by atoms with Gasteiger partial charge in [-0.25, -0.2) is 0 Å². The Morgan fingerprint density at radius 2 is 1.87 bits per heavy atom. The Hall–Kier alpha value is -2.07. The third-order valence-corrected chi connectivity index (χ3v) is 2.13. The molecule has 1 aromatic rings. The first kappa shape index (κ1) is 9.48. The summed E-state index contributed by atoms with van der Waals surface area (Å²) in [5.41, 5.74) is 0.938. The summed E-state index contributed by atoms with van der Waals surface area (Å²) >= 11 is 0. The van der Waals surface area contributed by atoms with Gasteiger partial charge in [0.15, 0.2) is 5.78 Å². The van der Waals surface area contributed by atoms with Crippen molar-refractivity contribution in [2.24, 2.45) is 5.92 Å². The van der Waals surface area contributed by atoms with Gasteiger partial charge in [0.1, 0.15) is 5.92 Å². The molecule has 0 unspecified atom stereocenters. The molecule has 15 heavy (non-hydrogen) atoms. The highest BCUT2D eigenvalue weighted by atomic mass is 16.1. The highest BCUT2D eigenvalue weighted by molar-refractivity contribution is 5.96. The Labute approximate surface area is 89.1 Å². The van der Waals surface area contributed by atoms with Crippen LogP contribution in [0.3, 0.4) is 0 Å². The van der Waals surface area contributed by atoms with Gasteiger partial charge in [-0.05, 0) is 18.2 Å². The molecular weight excluding hydrogens is 184 g/mol. The lowest BCUT2D eigenvalue weighted by Gasteiger charge is -2.02. The Bertz CT molecular complexity index is 469. The standard InChI is InChI=1S/C14H10O/c15-14-9-5-4-8-13(14)11-10-12-6-2-1-3-7-12/h1-9,13H/t13-/m1/s1. The molecule has 0 amide bonds. The molecule has 1 atom stereocenters. The van der Waals surface area contributed by atoms with E-state index < -0.39 is 0 Å². The quantitative estimate of drug-likeness (QED) is 0.579. The van der Waals surface area contributed by atoms with E-state index in [0.29, 0.717) is 0 Å². The van der Waals surface area contributed by atoms with Gasteiger partial charge in [0, 0.05) is 5.56 Å². The number of carbonyl (C=O) groups is 1. The van der Waals surface area contributed by atoms with Crippen molar-refractivity contribution < 1.29 is 4.79 Å². The van der Waals surface area contributed by atoms with Crippen molar-refractivity contribution in [3.63, 3.8) is 0 Å². The summed E-state index contributed by atoms with van der Waals surface area (Å²) in [5.74, 6) is 5.71. The van der Waals surface area contributed by atoms with Crippen LogP contribution in [0.4, 0.5) is 0 Å². The minimum Gasteiger partial charge on any atom is -0.293 e. The lowest BCUT2D eigenvalue weighted by atomic mass is 10.00. The van der Waals surface area contributed by atoms with Crippen LogP contribution in [0.15, 0.2) is 54.6 Å². The van der Waals surface area contributed by atoms with E-state index in [4.69, 9.17) is 0 Å². The van der Waals surface area contributed by atoms with Gasteiger partial charge in [-0.1, -0.05) is 48.3 Å². The second-order valence-electron chi connectivity index (χ2n) is 3.26. The van der Waals surface area contributed by atoms with Crippen molar-refractivity contribution in [2.75, 3.05) is 0 Å². The van der Waals surface area contributed by atoms with E-state index >= 15 is 0 Å². The Balaban J connectivity index is 2.16. The Morgan fingerprint density at radius 1 is 1.07 bits per heavy atom. The molecule has 72 valence electrons. The van der Waals surface area contributed by atoms with Gasteiger partial charge in [-0.2, -0.15) is 0 Å². The molecule has 1 aliphatic carbocycles. The molecule has 0 heterocycles. The van der Waals surface area contributed by atoms with E-state index in [2.05, 4.69) is 11.8 Å². The SMILES string of the molecule is O=C1C=CC=C[C@@H]1C#Cc1ccccc1. The molecule has 1 aliphatic rings. The monoisotopic (exact) mass is 194 g/mol. The van der Waals surface area contributed by atoms with Crippen LogP contribution in [0.25, 0.3) is 0 Å². The molecule has 0 saturated heterocycles. The average molecular weight is 194 g/mol. The second kappa shape index (κ2) is 4.43. The van der Waals surface area contributed by atoms with Gasteiger partial charge < -0.3 is 0 Å². The zero-order valence-electron chi connectivity index (χ0n) is 8.18. The molecule has 0 spiro atoms. The number of benzene rings is 1. The van der Waals surface area contributed by atoms with Crippen molar-refractivity contribution in [2.45, 2.75) is 0 Å². The van der Waals surface area contributed by atoms with Gasteiger partial charge >= 0.3 is 0 Å². The predicted molar refractivity (Wildman–Crippen MR) is 60.1 cm³/mol. The average Bonchev–Trinajstić information content (AvgIpc) is 2.29. The largest absolute Gasteiger partial charge is 0.293 e. The van der Waals surface area contributed by atoms with E-state index in [-0.39, 0.29) is 11.7 Å². The summed E-state index contributed by atoms with van der Waals surface area (Å²) in [6.45, 7) is 0. The van der Waals surface area contributed by atoms with Crippen molar-refractivity contribution >= 4 is 5.78 Å². The van der Waals surface area contributed by atoms with Crippen LogP contribution in [0.1, 0.15) is 5.56 Å². The summed E-state index contributed by atoms with van der Waals surface area (Å²) in [4.78, 5) is 11.4. The van der Waals surface area contributed by atoms with Gasteiger partial charge in [-0.3, -0.25) is 4.79 Å². The molecular formula is C14H10O. The minimum atomic E-state index is -0.282. The van der Waals surface area contributed by atoms with E-state index in [0.717, 1.165) is 5.56 Å². The molecule has 1 aromatic carbocycles. The van der Waals surface area contributed by atoms with Crippen LogP contribution >= 0.6 is 0 Å². The van der Waals surface area contributed by atoms with Crippen molar-refractivity contribution in [1.82, 2.24) is 0 Å². The lowest BCUT2D eigenvalue weighted by Crippen LogP contribution is -2.08. The molecule has 0 aromatic heterocycles. The summed E-state index contributed by atoms with van der Waals surface area (Å²) in [5, 5.41) is 0. The second-order valence-corrected chi connectivity index (χ2v) is 3.26. The van der Waals surface area contributed by atoms with Crippen LogP contribution in [0.2, 0.25) is 0 Å². The Morgan fingerprint density at radius 3 is 2.60 bits per heavy atom. The van der Waals surface area contributed by atoms with Crippen LogP contribution in [0.5, 0.6) is 0 Å². The molecule has 0 N–H and O–H groups in total. The van der Waals surface area contributed by atoms with Crippen molar-refractivity contribution in [3.05, 3.63) is 60.2 Å². The molecule has 0 saturated carbocycles. The fourth-order valence-corrected chi connectivity index (χ4v) is 1.33. The van der Waals surface area contributed by atoms with Gasteiger partial charge in [0.25, 0.3) is 0 Å². The number of rotatable bonds is 0. The zero-order chi connectivity index (χ0) is 10.5. The predicted octanol–water partition coefficient (Wildman–Crippen LogP) is 2.35. The van der Waals surface area contributed by atoms with Gasteiger partial charge in [0.05, 0.1) is 0 Å². The molecule has 1 heteroatoms. The molecule has 0 radical (unpaired) electrons. The summed E-state index contributed by atoms with van der Waals surface area (Å²) < 4.78 is 0. The number of carbonyl (C=O) groups excluding carboxylic acids is 1. The number of hydrogen-bond acceptors (Lipinski definition) is 1. The minimum absolute atomic E-state index is 0.0564. The van der Waals surface area contributed by atoms with Crippen LogP contribution in [-0.2, 0) is 4.79 Å². The van der Waals surface area contributed by atoms with E-state index in [1.54, 1.807) is 12.2 Å². The highest BCUT2D eigenvalue weighted by Crippen LogP contribution is 2.06. The number of hydrogen-bond donors (Lipinski definition) is 0. The van der Waals surface area contributed by atoms with E-state index in [9.17, 15) is 4.79 Å². The van der Waals surface area contributed by atoms with Crippen molar-refractivity contribution in [1.29, 1.82) is 0 Å². The van der Waals surface area contributed by atoms with Crippen LogP contribution in [-0.4, -0.2) is 5.78 Å². The summed E-state index contributed by atoms with van der Waals surface area (Å²) in [6.07, 6.45) is 6.97. The zero-order valence-corrected chi connectivity index (χ0v) is 8.18. The first-order valence-corrected chi connectivity index (χ1v) is 4.81. The van der Waals surface area contributed by atoms with E-state index in [1.165, 1.54) is 0 Å². The molecule has 1 nitrogen and oxygen atoms in total. The van der Waals surface area contributed by atoms with Gasteiger partial charge in [0.2, 0.25) is 0 Å². The number of allylic oxidation sites excluding steroid dienone is 4. The maximum Gasteiger partial charge on any atom is 0.174 e. The first-order valence-electron chi connectivity index (χ1n) is 4.81. The fourth-order valence-electron chi connectivity index (χ4n) is 1.33. The van der Waals surface area contributed by atoms with E-state index in [1.807, 2.05) is 42.5 Å². The molecule has 0 fully saturated rings. The third kappa shape index (κ3) is 2.45. The van der Waals surface area contributed by atoms with Crippen LogP contribution in [0, 0.1) is 17.8 Å². The first-order chi connectivity index (χ1) is 7.36. The highest BCUT2D eigenvalue weighted by Gasteiger charge is 2.10. The maximum absolute atomic E-state index is 11.4. The maximum atomic E-state index is 11.4. The van der Waals surface area contributed by atoms with Crippen molar-refractivity contribution in [3.8, 4) is 11.8 Å². The summed E-state index contributed by atoms with van der Waals surface area (Å²) in [6, 6.07) is 9.67. The lowest BCUT2D eigenvalue weighted by molar-refractivity contribution is -0.115. The fraction of sp³-hybridized carbons (Fsp3) is 0.0714. The smallest absolute Gasteiger partial charge is 0.174 e. The number of ketones is 1. The molecule has 0 aliphatic heterocycles. The molecule has 2 rings (SSSR count). The summed E-state index contributed by atoms with van der Waals surface area (Å²) in [7, 11) is 0. The topological polar surface area (TPSA) is 17.1 Å². The normalized spacial score (nSPS) is 18.4.